The third-order valence-electron chi connectivity index (χ3n) is 2.77. The van der Waals surface area contributed by atoms with Crippen molar-refractivity contribution in [2.45, 2.75) is 54.1 Å². The molecule has 0 rings (SSSR count). The Morgan fingerprint density at radius 1 is 1.00 bits per heavy atom. The molecule has 0 aliphatic carbocycles. The first-order chi connectivity index (χ1) is 7.25. The summed E-state index contributed by atoms with van der Waals surface area (Å²) in [5, 5.41) is 0. The van der Waals surface area contributed by atoms with Crippen molar-refractivity contribution in [1.82, 2.24) is 0 Å². The van der Waals surface area contributed by atoms with E-state index in [1.165, 1.54) is 0 Å². The fourth-order valence-corrected chi connectivity index (χ4v) is 1.29. The minimum absolute atomic E-state index is 0.00861. The van der Waals surface area contributed by atoms with Crippen molar-refractivity contribution in [2.24, 2.45) is 17.8 Å². The van der Waals surface area contributed by atoms with Gasteiger partial charge >= 0.3 is 5.97 Å². The number of Topliss-reactive ketones (excluding diaryl/α,β-unsaturated/α-hetero) is 1. The van der Waals surface area contributed by atoms with Crippen LogP contribution in [0.4, 0.5) is 0 Å². The zero-order chi connectivity index (χ0) is 12.9. The van der Waals surface area contributed by atoms with Gasteiger partial charge in [-0.15, -0.1) is 0 Å². The maximum Gasteiger partial charge on any atom is 0.309 e. The average Bonchev–Trinajstić information content (AvgIpc) is 2.14. The quantitative estimate of drug-likeness (QED) is 0.656. The van der Waals surface area contributed by atoms with Crippen molar-refractivity contribution in [2.75, 3.05) is 0 Å². The fraction of sp³-hybridized carbons (Fsp3) is 0.846. The molecule has 0 aromatic rings. The Kier molecular flexibility index (Phi) is 6.31. The molecule has 0 aliphatic rings. The van der Waals surface area contributed by atoms with Crippen molar-refractivity contribution in [3.8, 4) is 0 Å². The van der Waals surface area contributed by atoms with Crippen LogP contribution in [-0.4, -0.2) is 17.9 Å². The molecule has 0 bridgehead atoms. The second kappa shape index (κ2) is 6.66. The Bertz CT molecular complexity index is 244. The molecule has 0 N–H and O–H groups in total. The normalized spacial score (nSPS) is 15.0. The largest absolute Gasteiger partial charge is 0.463 e. The molecular formula is C13H24O3. The van der Waals surface area contributed by atoms with E-state index in [0.717, 1.165) is 0 Å². The van der Waals surface area contributed by atoms with E-state index in [1.54, 1.807) is 6.92 Å². The van der Waals surface area contributed by atoms with Gasteiger partial charge in [0.15, 0.2) is 0 Å². The van der Waals surface area contributed by atoms with Crippen LogP contribution in [0.1, 0.15) is 48.0 Å². The Labute approximate surface area is 98.6 Å². The maximum atomic E-state index is 11.8. The fourth-order valence-electron chi connectivity index (χ4n) is 1.29. The topological polar surface area (TPSA) is 43.4 Å². The molecule has 0 saturated carbocycles. The van der Waals surface area contributed by atoms with Crippen LogP contribution in [0.5, 0.6) is 0 Å². The Balaban J connectivity index is 4.18. The van der Waals surface area contributed by atoms with Crippen LogP contribution in [0.15, 0.2) is 0 Å². The maximum absolute atomic E-state index is 11.8. The van der Waals surface area contributed by atoms with Gasteiger partial charge in [-0.05, 0) is 19.8 Å². The number of rotatable bonds is 6. The highest BCUT2D eigenvalue weighted by Crippen LogP contribution is 2.17. The third kappa shape index (κ3) is 5.29. The number of carbonyl (C=O) groups excluding carboxylic acids is 2. The Morgan fingerprint density at radius 3 is 1.88 bits per heavy atom. The molecule has 0 amide bonds. The first kappa shape index (κ1) is 15.1. The predicted octanol–water partition coefficient (Wildman–Crippen LogP) is 2.83. The Hall–Kier alpha value is -0.860. The number of ether oxygens (including phenoxy) is 1. The molecule has 2 atom stereocenters. The Morgan fingerprint density at radius 2 is 1.50 bits per heavy atom. The molecule has 0 aromatic heterocycles. The minimum Gasteiger partial charge on any atom is -0.463 e. The monoisotopic (exact) mass is 228 g/mol. The molecule has 0 spiro atoms. The zero-order valence-corrected chi connectivity index (χ0v) is 11.2. The molecule has 0 fully saturated rings. The highest BCUT2D eigenvalue weighted by Gasteiger charge is 2.23. The van der Waals surface area contributed by atoms with Crippen LogP contribution >= 0.6 is 0 Å². The van der Waals surface area contributed by atoms with Crippen molar-refractivity contribution in [1.29, 1.82) is 0 Å². The highest BCUT2D eigenvalue weighted by atomic mass is 16.5. The van der Waals surface area contributed by atoms with Crippen LogP contribution in [-0.2, 0) is 14.3 Å². The smallest absolute Gasteiger partial charge is 0.309 e. The standard InChI is InChI=1S/C13H24O3/c1-8(2)11(6)12(14)7-10(5)13(15)16-9(3)4/h8-11H,7H2,1-6H3/t10-,11+/m1/s1. The SMILES string of the molecule is CC(C)OC(=O)[C@H](C)CC(=O)[C@@H](C)C(C)C. The lowest BCUT2D eigenvalue weighted by Gasteiger charge is -2.17. The van der Waals surface area contributed by atoms with E-state index in [9.17, 15) is 9.59 Å². The van der Waals surface area contributed by atoms with E-state index in [-0.39, 0.29) is 36.1 Å². The van der Waals surface area contributed by atoms with Crippen molar-refractivity contribution >= 4 is 11.8 Å². The van der Waals surface area contributed by atoms with Gasteiger partial charge in [0.25, 0.3) is 0 Å². The van der Waals surface area contributed by atoms with Crippen LogP contribution in [0.3, 0.4) is 0 Å². The zero-order valence-electron chi connectivity index (χ0n) is 11.2. The third-order valence-corrected chi connectivity index (χ3v) is 2.77. The van der Waals surface area contributed by atoms with Gasteiger partial charge in [0.05, 0.1) is 12.0 Å². The molecular weight excluding hydrogens is 204 g/mol. The summed E-state index contributed by atoms with van der Waals surface area (Å²) in [4.78, 5) is 23.3. The van der Waals surface area contributed by atoms with E-state index < -0.39 is 0 Å². The molecule has 16 heavy (non-hydrogen) atoms. The van der Waals surface area contributed by atoms with E-state index in [0.29, 0.717) is 5.92 Å². The summed E-state index contributed by atoms with van der Waals surface area (Å²) in [5.41, 5.74) is 0. The summed E-state index contributed by atoms with van der Waals surface area (Å²) in [7, 11) is 0. The molecule has 0 unspecified atom stereocenters. The molecule has 0 aliphatic heterocycles. The van der Waals surface area contributed by atoms with Gasteiger partial charge in [-0.1, -0.05) is 27.7 Å². The van der Waals surface area contributed by atoms with Crippen molar-refractivity contribution in [3.05, 3.63) is 0 Å². The van der Waals surface area contributed by atoms with Gasteiger partial charge in [-0.3, -0.25) is 9.59 Å². The van der Waals surface area contributed by atoms with Gasteiger partial charge in [0, 0.05) is 12.3 Å². The molecule has 3 heteroatoms. The van der Waals surface area contributed by atoms with Gasteiger partial charge < -0.3 is 4.74 Å². The van der Waals surface area contributed by atoms with Gasteiger partial charge in [0.1, 0.15) is 5.78 Å². The number of ketones is 1. The van der Waals surface area contributed by atoms with Crippen LogP contribution < -0.4 is 0 Å². The first-order valence-electron chi connectivity index (χ1n) is 5.98. The summed E-state index contributed by atoms with van der Waals surface area (Å²) < 4.78 is 5.06. The second-order valence-electron chi connectivity index (χ2n) is 5.09. The summed E-state index contributed by atoms with van der Waals surface area (Å²) in [6.45, 7) is 11.3. The van der Waals surface area contributed by atoms with E-state index in [2.05, 4.69) is 0 Å². The molecule has 94 valence electrons. The van der Waals surface area contributed by atoms with Crippen molar-refractivity contribution in [3.63, 3.8) is 0 Å². The number of carbonyl (C=O) groups is 2. The summed E-state index contributed by atoms with van der Waals surface area (Å²) in [5.74, 6) is -0.145. The average molecular weight is 228 g/mol. The van der Waals surface area contributed by atoms with Crippen LogP contribution in [0.2, 0.25) is 0 Å². The molecule has 0 heterocycles. The van der Waals surface area contributed by atoms with E-state index in [1.807, 2.05) is 34.6 Å². The van der Waals surface area contributed by atoms with E-state index >= 15 is 0 Å². The first-order valence-corrected chi connectivity index (χ1v) is 5.98. The van der Waals surface area contributed by atoms with Crippen LogP contribution in [0, 0.1) is 17.8 Å². The number of hydrogen-bond acceptors (Lipinski definition) is 3. The molecule has 3 nitrogen and oxygen atoms in total. The number of hydrogen-bond donors (Lipinski definition) is 0. The van der Waals surface area contributed by atoms with Gasteiger partial charge in [-0.2, -0.15) is 0 Å². The predicted molar refractivity (Wildman–Crippen MR) is 64.0 cm³/mol. The van der Waals surface area contributed by atoms with Crippen LogP contribution in [0.25, 0.3) is 0 Å². The van der Waals surface area contributed by atoms with Crippen molar-refractivity contribution < 1.29 is 14.3 Å². The highest BCUT2D eigenvalue weighted by molar-refractivity contribution is 5.85. The minimum atomic E-state index is -0.337. The summed E-state index contributed by atoms with van der Waals surface area (Å²) in [6, 6.07) is 0. The molecule has 0 radical (unpaired) electrons. The van der Waals surface area contributed by atoms with E-state index in [4.69, 9.17) is 4.74 Å². The van der Waals surface area contributed by atoms with Gasteiger partial charge in [0.2, 0.25) is 0 Å². The lowest BCUT2D eigenvalue weighted by molar-refractivity contribution is -0.153. The lowest BCUT2D eigenvalue weighted by atomic mass is 9.89. The number of esters is 1. The summed E-state index contributed by atoms with van der Waals surface area (Å²) >= 11 is 0. The molecule has 0 saturated heterocycles. The molecule has 0 aromatic carbocycles. The second-order valence-corrected chi connectivity index (χ2v) is 5.09. The summed E-state index contributed by atoms with van der Waals surface area (Å²) in [6.07, 6.45) is 0.165. The van der Waals surface area contributed by atoms with Gasteiger partial charge in [-0.25, -0.2) is 0 Å². The lowest BCUT2D eigenvalue weighted by Crippen LogP contribution is -2.25.